The largest absolute Gasteiger partial charge is 0.481 e. The Morgan fingerprint density at radius 2 is 2.14 bits per heavy atom. The number of ether oxygens (including phenoxy) is 1. The molecule has 5 atom stereocenters. The second-order valence-electron chi connectivity index (χ2n) is 8.28. The van der Waals surface area contributed by atoms with E-state index in [2.05, 4.69) is 6.58 Å². The van der Waals surface area contributed by atoms with Crippen LogP contribution in [0.15, 0.2) is 12.7 Å². The summed E-state index contributed by atoms with van der Waals surface area (Å²) in [4.78, 5) is 42.1. The summed E-state index contributed by atoms with van der Waals surface area (Å²) in [6.07, 6.45) is 5.04. The van der Waals surface area contributed by atoms with Crippen molar-refractivity contribution in [3.8, 4) is 0 Å². The molecule has 3 heterocycles. The lowest BCUT2D eigenvalue weighted by Gasteiger charge is -2.36. The molecule has 0 aromatic heterocycles. The Labute approximate surface area is 171 Å². The van der Waals surface area contributed by atoms with Crippen LogP contribution in [0.4, 0.5) is 0 Å². The quantitative estimate of drug-likeness (QED) is 0.391. The SMILES string of the molecule is C=CCN(CCCC)C(=O)[C@H]1N(CCCCO)C(=O)[C@@H]2[C@@H](C(=O)O)[C@H]3CC[C@]21O3. The fourth-order valence-corrected chi connectivity index (χ4v) is 5.32. The average Bonchev–Trinajstić information content (AvgIpc) is 3.33. The van der Waals surface area contributed by atoms with E-state index in [1.54, 1.807) is 11.0 Å². The first-order valence-corrected chi connectivity index (χ1v) is 10.6. The summed E-state index contributed by atoms with van der Waals surface area (Å²) < 4.78 is 6.17. The van der Waals surface area contributed by atoms with Crippen LogP contribution in [0.25, 0.3) is 0 Å². The second-order valence-corrected chi connectivity index (χ2v) is 8.28. The number of aliphatic hydroxyl groups is 1. The van der Waals surface area contributed by atoms with Gasteiger partial charge in [-0.1, -0.05) is 19.4 Å². The molecule has 2 amide bonds. The molecule has 8 heteroatoms. The number of aliphatic hydroxyl groups excluding tert-OH is 1. The average molecular weight is 408 g/mol. The van der Waals surface area contributed by atoms with Gasteiger partial charge in [-0.25, -0.2) is 0 Å². The topological polar surface area (TPSA) is 107 Å². The van der Waals surface area contributed by atoms with E-state index in [0.29, 0.717) is 45.3 Å². The monoisotopic (exact) mass is 408 g/mol. The van der Waals surface area contributed by atoms with E-state index in [1.165, 1.54) is 4.90 Å². The van der Waals surface area contributed by atoms with Gasteiger partial charge < -0.3 is 24.7 Å². The number of fused-ring (bicyclic) bond motifs is 1. The van der Waals surface area contributed by atoms with Gasteiger partial charge in [0.15, 0.2) is 0 Å². The van der Waals surface area contributed by atoms with E-state index in [4.69, 9.17) is 9.84 Å². The van der Waals surface area contributed by atoms with Crippen molar-refractivity contribution >= 4 is 17.8 Å². The van der Waals surface area contributed by atoms with Crippen LogP contribution in [0.3, 0.4) is 0 Å². The summed E-state index contributed by atoms with van der Waals surface area (Å²) in [5.74, 6) is -3.25. The van der Waals surface area contributed by atoms with Crippen LogP contribution in [0.2, 0.25) is 0 Å². The highest BCUT2D eigenvalue weighted by Crippen LogP contribution is 2.58. The molecular formula is C21H32N2O6. The number of likely N-dealkylation sites (tertiary alicyclic amines) is 1. The molecule has 0 aromatic carbocycles. The maximum atomic E-state index is 13.6. The molecule has 29 heavy (non-hydrogen) atoms. The molecule has 0 unspecified atom stereocenters. The number of aliphatic carboxylic acids is 1. The molecule has 3 fully saturated rings. The van der Waals surface area contributed by atoms with Gasteiger partial charge in [-0.2, -0.15) is 0 Å². The predicted octanol–water partition coefficient (Wildman–Crippen LogP) is 1.03. The van der Waals surface area contributed by atoms with Crippen LogP contribution >= 0.6 is 0 Å². The summed E-state index contributed by atoms with van der Waals surface area (Å²) in [6.45, 7) is 7.04. The first-order chi connectivity index (χ1) is 13.9. The highest BCUT2D eigenvalue weighted by Gasteiger charge is 2.74. The normalized spacial score (nSPS) is 32.5. The van der Waals surface area contributed by atoms with Crippen LogP contribution in [0, 0.1) is 11.8 Å². The number of amides is 2. The molecule has 3 saturated heterocycles. The minimum atomic E-state index is -1.06. The van der Waals surface area contributed by atoms with Gasteiger partial charge >= 0.3 is 5.97 Å². The van der Waals surface area contributed by atoms with Crippen molar-refractivity contribution in [2.24, 2.45) is 11.8 Å². The van der Waals surface area contributed by atoms with Crippen molar-refractivity contribution in [2.45, 2.75) is 63.2 Å². The molecule has 2 N–H and O–H groups in total. The predicted molar refractivity (Wildman–Crippen MR) is 105 cm³/mol. The van der Waals surface area contributed by atoms with Crippen molar-refractivity contribution in [1.29, 1.82) is 0 Å². The summed E-state index contributed by atoms with van der Waals surface area (Å²) in [5, 5.41) is 18.9. The minimum Gasteiger partial charge on any atom is -0.481 e. The van der Waals surface area contributed by atoms with Gasteiger partial charge in [0.1, 0.15) is 11.6 Å². The van der Waals surface area contributed by atoms with Gasteiger partial charge in [-0.3, -0.25) is 14.4 Å². The number of carboxylic acids is 1. The van der Waals surface area contributed by atoms with Gasteiger partial charge in [0.2, 0.25) is 11.8 Å². The Bertz CT molecular complexity index is 668. The third-order valence-corrected chi connectivity index (χ3v) is 6.57. The van der Waals surface area contributed by atoms with Gasteiger partial charge in [-0.05, 0) is 32.1 Å². The number of carbonyl (C=O) groups is 3. The Kier molecular flexibility index (Phi) is 6.63. The smallest absolute Gasteiger partial charge is 0.310 e. The van der Waals surface area contributed by atoms with Crippen LogP contribution in [0.1, 0.15) is 45.4 Å². The molecule has 0 saturated carbocycles. The molecular weight excluding hydrogens is 376 g/mol. The second kappa shape index (κ2) is 8.83. The van der Waals surface area contributed by atoms with Crippen LogP contribution < -0.4 is 0 Å². The molecule has 3 rings (SSSR count). The molecule has 3 aliphatic heterocycles. The van der Waals surface area contributed by atoms with Crippen LogP contribution in [0.5, 0.6) is 0 Å². The van der Waals surface area contributed by atoms with Crippen molar-refractivity contribution in [2.75, 3.05) is 26.2 Å². The van der Waals surface area contributed by atoms with E-state index < -0.39 is 35.6 Å². The number of nitrogens with zero attached hydrogens (tertiary/aromatic N) is 2. The summed E-state index contributed by atoms with van der Waals surface area (Å²) in [6, 6.07) is -0.815. The maximum Gasteiger partial charge on any atom is 0.310 e. The first kappa shape index (κ1) is 21.8. The molecule has 3 aliphatic rings. The molecule has 8 nitrogen and oxygen atoms in total. The fourth-order valence-electron chi connectivity index (χ4n) is 5.32. The Morgan fingerprint density at radius 3 is 2.76 bits per heavy atom. The number of hydrogen-bond acceptors (Lipinski definition) is 5. The Morgan fingerprint density at radius 1 is 1.38 bits per heavy atom. The zero-order valence-electron chi connectivity index (χ0n) is 17.1. The Balaban J connectivity index is 1.96. The molecule has 0 aliphatic carbocycles. The summed E-state index contributed by atoms with van der Waals surface area (Å²) in [7, 11) is 0. The van der Waals surface area contributed by atoms with E-state index in [9.17, 15) is 19.5 Å². The zero-order valence-corrected chi connectivity index (χ0v) is 17.1. The van der Waals surface area contributed by atoms with E-state index in [0.717, 1.165) is 12.8 Å². The summed E-state index contributed by atoms with van der Waals surface area (Å²) in [5.41, 5.74) is -1.06. The lowest BCUT2D eigenvalue weighted by Crippen LogP contribution is -2.56. The molecule has 0 radical (unpaired) electrons. The Hall–Kier alpha value is -1.93. The highest BCUT2D eigenvalue weighted by atomic mass is 16.5. The van der Waals surface area contributed by atoms with E-state index >= 15 is 0 Å². The van der Waals surface area contributed by atoms with Gasteiger partial charge in [0.05, 0.1) is 17.9 Å². The van der Waals surface area contributed by atoms with E-state index in [-0.39, 0.29) is 18.4 Å². The van der Waals surface area contributed by atoms with Crippen LogP contribution in [-0.4, -0.2) is 81.8 Å². The number of hydrogen-bond donors (Lipinski definition) is 2. The fraction of sp³-hybridized carbons (Fsp3) is 0.762. The van der Waals surface area contributed by atoms with Gasteiger partial charge in [0.25, 0.3) is 0 Å². The van der Waals surface area contributed by atoms with Gasteiger partial charge in [-0.15, -0.1) is 6.58 Å². The maximum absolute atomic E-state index is 13.6. The lowest BCUT2D eigenvalue weighted by molar-refractivity contribution is -0.151. The van der Waals surface area contributed by atoms with Crippen molar-refractivity contribution < 1.29 is 29.3 Å². The zero-order chi connectivity index (χ0) is 21.2. The molecule has 1 spiro atoms. The van der Waals surface area contributed by atoms with Crippen molar-refractivity contribution in [3.63, 3.8) is 0 Å². The van der Waals surface area contributed by atoms with Crippen molar-refractivity contribution in [1.82, 2.24) is 9.80 Å². The molecule has 2 bridgehead atoms. The number of rotatable bonds is 11. The van der Waals surface area contributed by atoms with E-state index in [1.807, 2.05) is 6.92 Å². The highest BCUT2D eigenvalue weighted by molar-refractivity contribution is 5.98. The molecule has 0 aromatic rings. The minimum absolute atomic E-state index is 0.00459. The van der Waals surface area contributed by atoms with Crippen LogP contribution in [-0.2, 0) is 19.1 Å². The van der Waals surface area contributed by atoms with Gasteiger partial charge in [0, 0.05) is 26.2 Å². The van der Waals surface area contributed by atoms with Crippen molar-refractivity contribution in [3.05, 3.63) is 12.7 Å². The number of unbranched alkanes of at least 4 members (excludes halogenated alkanes) is 2. The third-order valence-electron chi connectivity index (χ3n) is 6.57. The summed E-state index contributed by atoms with van der Waals surface area (Å²) >= 11 is 0. The number of carbonyl (C=O) groups excluding carboxylic acids is 2. The lowest BCUT2D eigenvalue weighted by atomic mass is 9.70. The standard InChI is InChI=1S/C21H32N2O6/c1-3-5-11-22(10-4-2)19(26)17-21-9-8-14(29-21)15(20(27)28)16(21)18(25)23(17)12-6-7-13-24/h4,14-17,24H,2-3,5-13H2,1H3,(H,27,28)/t14-,15+,16+,17-,21+/m1/s1. The third kappa shape index (κ3) is 3.57. The number of carboxylic acid groups (broad SMARTS) is 1. The first-order valence-electron chi connectivity index (χ1n) is 10.6. The molecule has 162 valence electrons.